The van der Waals surface area contributed by atoms with Crippen molar-refractivity contribution >= 4 is 44.8 Å². The van der Waals surface area contributed by atoms with Crippen molar-refractivity contribution in [2.45, 2.75) is 12.5 Å². The summed E-state index contributed by atoms with van der Waals surface area (Å²) < 4.78 is 0.888. The smallest absolute Gasteiger partial charge is 0.269 e. The van der Waals surface area contributed by atoms with Crippen molar-refractivity contribution in [3.63, 3.8) is 0 Å². The summed E-state index contributed by atoms with van der Waals surface area (Å²) in [6, 6.07) is 13.2. The average molecular weight is 459 g/mol. The van der Waals surface area contributed by atoms with Crippen LogP contribution in [0.15, 0.2) is 53.0 Å². The van der Waals surface area contributed by atoms with Crippen LogP contribution in [0.4, 0.5) is 17.1 Å². The lowest BCUT2D eigenvalue weighted by molar-refractivity contribution is -0.384. The third kappa shape index (κ3) is 3.88. The maximum absolute atomic E-state index is 12.9. The van der Waals surface area contributed by atoms with Gasteiger partial charge in [-0.1, -0.05) is 15.9 Å². The first-order valence-electron chi connectivity index (χ1n) is 9.30. The Hall–Kier alpha value is -2.78. The number of non-ortho nitro benzene ring substituents is 1. The number of carbonyl (C=O) groups excluding carboxylic acids is 2. The fourth-order valence-electron chi connectivity index (χ4n) is 3.84. The number of nitro groups is 1. The minimum atomic E-state index is -0.440. The van der Waals surface area contributed by atoms with Gasteiger partial charge in [-0.2, -0.15) is 0 Å². The largest absolute Gasteiger partial charge is 0.369 e. The van der Waals surface area contributed by atoms with Crippen molar-refractivity contribution in [3.8, 4) is 0 Å². The Kier molecular flexibility index (Phi) is 5.33. The van der Waals surface area contributed by atoms with Gasteiger partial charge in [0.2, 0.25) is 5.91 Å². The Bertz CT molecular complexity index is 940. The maximum atomic E-state index is 12.9. The average Bonchev–Trinajstić information content (AvgIpc) is 3.03. The van der Waals surface area contributed by atoms with Crippen LogP contribution in [-0.2, 0) is 9.59 Å². The summed E-state index contributed by atoms with van der Waals surface area (Å²) in [6.45, 7) is 2.67. The molecule has 8 nitrogen and oxygen atoms in total. The van der Waals surface area contributed by atoms with Crippen LogP contribution in [0.3, 0.4) is 0 Å². The number of carbonyl (C=O) groups is 2. The zero-order valence-corrected chi connectivity index (χ0v) is 17.1. The number of amides is 2. The SMILES string of the molecule is O=C1C[C@H](N2CCN(c3ccc([N+](=O)[O-])cc3)CC2)C(=O)N1c1ccc(Br)cc1. The van der Waals surface area contributed by atoms with E-state index >= 15 is 0 Å². The van der Waals surface area contributed by atoms with Crippen molar-refractivity contribution in [2.75, 3.05) is 36.0 Å². The zero-order chi connectivity index (χ0) is 20.5. The molecule has 2 aliphatic rings. The van der Waals surface area contributed by atoms with Crippen molar-refractivity contribution in [3.05, 3.63) is 63.1 Å². The second-order valence-corrected chi connectivity index (χ2v) is 7.98. The first-order chi connectivity index (χ1) is 13.9. The quantitative estimate of drug-likeness (QED) is 0.397. The summed E-state index contributed by atoms with van der Waals surface area (Å²) in [7, 11) is 0. The molecule has 0 aromatic heterocycles. The van der Waals surface area contributed by atoms with E-state index < -0.39 is 11.0 Å². The number of halogens is 1. The summed E-state index contributed by atoms with van der Waals surface area (Å²) in [6.07, 6.45) is 0.187. The Balaban J connectivity index is 1.41. The lowest BCUT2D eigenvalue weighted by atomic mass is 10.1. The highest BCUT2D eigenvalue weighted by Gasteiger charge is 2.43. The molecule has 0 unspecified atom stereocenters. The van der Waals surface area contributed by atoms with E-state index in [4.69, 9.17) is 0 Å². The first kappa shape index (κ1) is 19.5. The molecule has 2 aromatic carbocycles. The summed E-state index contributed by atoms with van der Waals surface area (Å²) >= 11 is 3.36. The van der Waals surface area contributed by atoms with Crippen LogP contribution >= 0.6 is 15.9 Å². The highest BCUT2D eigenvalue weighted by atomic mass is 79.9. The normalized spacial score (nSPS) is 20.4. The van der Waals surface area contributed by atoms with Gasteiger partial charge in [0.1, 0.15) is 0 Å². The molecule has 2 aliphatic heterocycles. The van der Waals surface area contributed by atoms with Gasteiger partial charge in [-0.25, -0.2) is 4.90 Å². The molecule has 4 rings (SSSR count). The molecule has 1 atom stereocenters. The van der Waals surface area contributed by atoms with Gasteiger partial charge in [0, 0.05) is 48.5 Å². The predicted molar refractivity (Wildman–Crippen MR) is 112 cm³/mol. The maximum Gasteiger partial charge on any atom is 0.269 e. The van der Waals surface area contributed by atoms with Crippen LogP contribution < -0.4 is 9.80 Å². The number of nitrogens with zero attached hydrogens (tertiary/aromatic N) is 4. The molecule has 2 amide bonds. The molecule has 0 spiro atoms. The highest BCUT2D eigenvalue weighted by Crippen LogP contribution is 2.28. The monoisotopic (exact) mass is 458 g/mol. The predicted octanol–water partition coefficient (Wildman–Crippen LogP) is 2.81. The summed E-state index contributed by atoms with van der Waals surface area (Å²) in [5, 5.41) is 10.8. The third-order valence-electron chi connectivity index (χ3n) is 5.39. The number of imide groups is 1. The van der Waals surface area contributed by atoms with Crippen LogP contribution in [0.1, 0.15) is 6.42 Å². The topological polar surface area (TPSA) is 87.0 Å². The van der Waals surface area contributed by atoms with Gasteiger partial charge in [-0.15, -0.1) is 0 Å². The molecular weight excluding hydrogens is 440 g/mol. The molecule has 0 saturated carbocycles. The van der Waals surface area contributed by atoms with Gasteiger partial charge in [-0.3, -0.25) is 24.6 Å². The molecule has 150 valence electrons. The molecule has 0 N–H and O–H groups in total. The fourth-order valence-corrected chi connectivity index (χ4v) is 4.10. The lowest BCUT2D eigenvalue weighted by Gasteiger charge is -2.38. The van der Waals surface area contributed by atoms with Gasteiger partial charge in [-0.05, 0) is 36.4 Å². The van der Waals surface area contributed by atoms with Crippen LogP contribution in [0.2, 0.25) is 0 Å². The molecule has 0 aliphatic carbocycles. The fraction of sp³-hybridized carbons (Fsp3) is 0.300. The second-order valence-electron chi connectivity index (χ2n) is 7.06. The zero-order valence-electron chi connectivity index (χ0n) is 15.5. The molecule has 2 saturated heterocycles. The van der Waals surface area contributed by atoms with Crippen molar-refractivity contribution in [2.24, 2.45) is 0 Å². The molecular formula is C20H19BrN4O4. The number of hydrogen-bond acceptors (Lipinski definition) is 6. The van der Waals surface area contributed by atoms with Crippen LogP contribution in [0, 0.1) is 10.1 Å². The number of benzene rings is 2. The minimum absolute atomic E-state index is 0.0653. The van der Waals surface area contributed by atoms with E-state index in [1.807, 2.05) is 12.1 Å². The highest BCUT2D eigenvalue weighted by molar-refractivity contribution is 9.10. The van der Waals surface area contributed by atoms with Crippen LogP contribution in [0.25, 0.3) is 0 Å². The van der Waals surface area contributed by atoms with E-state index in [2.05, 4.69) is 25.7 Å². The number of piperazine rings is 1. The lowest BCUT2D eigenvalue weighted by Crippen LogP contribution is -2.52. The standard InChI is InChI=1S/C20H19BrN4O4/c21-14-1-3-16(4-2-14)24-19(26)13-18(20(24)27)23-11-9-22(10-12-23)15-5-7-17(8-6-15)25(28)29/h1-8,18H,9-13H2/t18-/m0/s1. The van der Waals surface area contributed by atoms with Crippen molar-refractivity contribution in [1.82, 2.24) is 4.90 Å². The Morgan fingerprint density at radius 3 is 2.07 bits per heavy atom. The van der Waals surface area contributed by atoms with E-state index in [-0.39, 0.29) is 23.9 Å². The molecule has 9 heteroatoms. The van der Waals surface area contributed by atoms with E-state index in [9.17, 15) is 19.7 Å². The third-order valence-corrected chi connectivity index (χ3v) is 5.92. The van der Waals surface area contributed by atoms with Gasteiger partial charge in [0.15, 0.2) is 0 Å². The molecule has 0 bridgehead atoms. The number of nitro benzene ring substituents is 1. The molecule has 2 fully saturated rings. The molecule has 2 aromatic rings. The Morgan fingerprint density at radius 1 is 0.897 bits per heavy atom. The van der Waals surface area contributed by atoms with Crippen LogP contribution in [0.5, 0.6) is 0 Å². The van der Waals surface area contributed by atoms with Crippen LogP contribution in [-0.4, -0.2) is 53.9 Å². The minimum Gasteiger partial charge on any atom is -0.369 e. The van der Waals surface area contributed by atoms with Crippen molar-refractivity contribution < 1.29 is 14.5 Å². The Labute approximate surface area is 176 Å². The summed E-state index contributed by atoms with van der Waals surface area (Å²) in [5.74, 6) is -0.360. The number of anilines is 2. The van der Waals surface area contributed by atoms with Gasteiger partial charge in [0.25, 0.3) is 11.6 Å². The van der Waals surface area contributed by atoms with E-state index in [1.54, 1.807) is 24.3 Å². The van der Waals surface area contributed by atoms with E-state index in [0.29, 0.717) is 31.9 Å². The summed E-state index contributed by atoms with van der Waals surface area (Å²) in [4.78, 5) is 41.3. The van der Waals surface area contributed by atoms with Gasteiger partial charge in [0.05, 0.1) is 23.1 Å². The number of hydrogen-bond donors (Lipinski definition) is 0. The number of rotatable bonds is 4. The molecule has 2 heterocycles. The Morgan fingerprint density at radius 2 is 1.48 bits per heavy atom. The van der Waals surface area contributed by atoms with Crippen molar-refractivity contribution in [1.29, 1.82) is 0 Å². The first-order valence-corrected chi connectivity index (χ1v) is 10.1. The molecule has 0 radical (unpaired) electrons. The van der Waals surface area contributed by atoms with Gasteiger partial charge >= 0.3 is 0 Å². The summed E-state index contributed by atoms with van der Waals surface area (Å²) in [5.41, 5.74) is 1.58. The van der Waals surface area contributed by atoms with Gasteiger partial charge < -0.3 is 4.90 Å². The van der Waals surface area contributed by atoms with E-state index in [1.165, 1.54) is 17.0 Å². The second kappa shape index (κ2) is 7.92. The molecule has 29 heavy (non-hydrogen) atoms. The van der Waals surface area contributed by atoms with E-state index in [0.717, 1.165) is 10.2 Å².